The van der Waals surface area contributed by atoms with Gasteiger partial charge in [-0.1, -0.05) is 24.4 Å². The van der Waals surface area contributed by atoms with Crippen LogP contribution in [0.4, 0.5) is 21.9 Å². The molecule has 114 valence electrons. The van der Waals surface area contributed by atoms with Gasteiger partial charge in [0.15, 0.2) is 0 Å². The van der Waals surface area contributed by atoms with E-state index in [9.17, 15) is 9.59 Å². The highest BCUT2D eigenvalue weighted by Crippen LogP contribution is 2.24. The fourth-order valence-electron chi connectivity index (χ4n) is 1.67. The fraction of sp³-hybridized carbons (Fsp3) is 0. The number of rotatable bonds is 3. The van der Waals surface area contributed by atoms with Crippen molar-refractivity contribution in [2.75, 3.05) is 15.4 Å². The molecule has 0 fully saturated rings. The van der Waals surface area contributed by atoms with E-state index in [0.717, 1.165) is 4.31 Å². The number of halogens is 1. The molecule has 6 nitrogen and oxygen atoms in total. The van der Waals surface area contributed by atoms with Crippen molar-refractivity contribution in [1.29, 1.82) is 0 Å². The Bertz CT molecular complexity index is 721. The maximum absolute atomic E-state index is 12.1. The summed E-state index contributed by atoms with van der Waals surface area (Å²) >= 11 is 10.0. The van der Waals surface area contributed by atoms with Crippen LogP contribution >= 0.6 is 24.4 Å². The first kappa shape index (κ1) is 16.0. The fourth-order valence-corrected chi connectivity index (χ4v) is 2.03. The minimum atomic E-state index is -0.543. The SMILES string of the molecule is NC(=O)c1ccc(N(S)C(=O)Nc2ccc(N)c(Cl)c2)cc1. The molecule has 2 rings (SSSR count). The second kappa shape index (κ2) is 6.59. The maximum atomic E-state index is 12.1. The Morgan fingerprint density at radius 2 is 1.77 bits per heavy atom. The number of nitrogens with two attached hydrogens (primary N) is 2. The standard InChI is InChI=1S/C14H13ClN4O2S/c15-11-7-9(3-6-12(11)16)18-14(21)19(22)10-4-1-8(2-5-10)13(17)20/h1-7,22H,16H2,(H2,17,20)(H,18,21). The molecule has 0 spiro atoms. The summed E-state index contributed by atoms with van der Waals surface area (Å²) < 4.78 is 1.09. The number of nitrogens with zero attached hydrogens (tertiary/aromatic N) is 1. The number of nitrogen functional groups attached to an aromatic ring is 1. The van der Waals surface area contributed by atoms with Crippen LogP contribution in [0.1, 0.15) is 10.4 Å². The van der Waals surface area contributed by atoms with Crippen molar-refractivity contribution < 1.29 is 9.59 Å². The molecule has 0 saturated carbocycles. The number of anilines is 3. The molecule has 22 heavy (non-hydrogen) atoms. The number of carbonyl (C=O) groups excluding carboxylic acids is 2. The van der Waals surface area contributed by atoms with Crippen molar-refractivity contribution in [3.8, 4) is 0 Å². The molecule has 0 aliphatic heterocycles. The van der Waals surface area contributed by atoms with Gasteiger partial charge in [-0.2, -0.15) is 0 Å². The highest BCUT2D eigenvalue weighted by molar-refractivity contribution is 7.82. The van der Waals surface area contributed by atoms with Gasteiger partial charge < -0.3 is 16.8 Å². The number of hydrogen-bond acceptors (Lipinski definition) is 4. The molecule has 0 bridgehead atoms. The van der Waals surface area contributed by atoms with Gasteiger partial charge in [-0.25, -0.2) is 9.10 Å². The van der Waals surface area contributed by atoms with E-state index in [4.69, 9.17) is 23.1 Å². The third-order valence-electron chi connectivity index (χ3n) is 2.84. The second-order valence-corrected chi connectivity index (χ2v) is 5.20. The number of carbonyl (C=O) groups is 2. The van der Waals surface area contributed by atoms with Gasteiger partial charge >= 0.3 is 6.03 Å². The Labute approximate surface area is 137 Å². The van der Waals surface area contributed by atoms with Crippen LogP contribution < -0.4 is 21.1 Å². The van der Waals surface area contributed by atoms with E-state index in [2.05, 4.69) is 18.1 Å². The Morgan fingerprint density at radius 3 is 2.32 bits per heavy atom. The highest BCUT2D eigenvalue weighted by atomic mass is 35.5. The van der Waals surface area contributed by atoms with Crippen LogP contribution in [-0.4, -0.2) is 11.9 Å². The molecule has 8 heteroatoms. The van der Waals surface area contributed by atoms with Crippen LogP contribution in [0.5, 0.6) is 0 Å². The van der Waals surface area contributed by atoms with Gasteiger partial charge in [0.05, 0.1) is 16.4 Å². The number of hydrogen-bond donors (Lipinski definition) is 4. The molecule has 0 radical (unpaired) electrons. The quantitative estimate of drug-likeness (QED) is 0.512. The summed E-state index contributed by atoms with van der Waals surface area (Å²) in [5.41, 5.74) is 12.5. The predicted octanol–water partition coefficient (Wildman–Crippen LogP) is 2.90. The van der Waals surface area contributed by atoms with Crippen molar-refractivity contribution in [2.45, 2.75) is 0 Å². The summed E-state index contributed by atoms with van der Waals surface area (Å²) in [6.45, 7) is 0. The molecular formula is C14H13ClN4O2S. The first-order chi connectivity index (χ1) is 10.4. The minimum Gasteiger partial charge on any atom is -0.398 e. The predicted molar refractivity (Wildman–Crippen MR) is 91.3 cm³/mol. The van der Waals surface area contributed by atoms with E-state index in [1.54, 1.807) is 24.3 Å². The molecule has 5 N–H and O–H groups in total. The number of amides is 3. The molecule has 2 aromatic rings. The molecule has 0 heterocycles. The summed E-state index contributed by atoms with van der Waals surface area (Å²) in [6.07, 6.45) is 0. The van der Waals surface area contributed by atoms with Gasteiger partial charge in [-0.05, 0) is 42.5 Å². The third-order valence-corrected chi connectivity index (χ3v) is 3.58. The Kier molecular flexibility index (Phi) is 4.79. The molecule has 0 aliphatic rings. The molecule has 0 aromatic heterocycles. The zero-order valence-electron chi connectivity index (χ0n) is 11.3. The Balaban J connectivity index is 2.11. The van der Waals surface area contributed by atoms with Crippen LogP contribution in [0.2, 0.25) is 5.02 Å². The summed E-state index contributed by atoms with van der Waals surface area (Å²) in [7, 11) is 0. The highest BCUT2D eigenvalue weighted by Gasteiger charge is 2.13. The molecule has 2 aromatic carbocycles. The summed E-state index contributed by atoms with van der Waals surface area (Å²) in [5.74, 6) is -0.543. The van der Waals surface area contributed by atoms with Crippen LogP contribution in [0.3, 0.4) is 0 Å². The minimum absolute atomic E-state index is 0.342. The average Bonchev–Trinajstić information content (AvgIpc) is 2.50. The number of nitrogens with one attached hydrogen (secondary N) is 1. The lowest BCUT2D eigenvalue weighted by atomic mass is 10.2. The monoisotopic (exact) mass is 336 g/mol. The lowest BCUT2D eigenvalue weighted by Crippen LogP contribution is -2.26. The number of urea groups is 1. The summed E-state index contributed by atoms with van der Waals surface area (Å²) in [5, 5.41) is 2.97. The Hall–Kier alpha value is -2.38. The largest absolute Gasteiger partial charge is 0.398 e. The van der Waals surface area contributed by atoms with Crippen LogP contribution in [-0.2, 0) is 0 Å². The first-order valence-corrected chi connectivity index (χ1v) is 6.91. The van der Waals surface area contributed by atoms with Crippen molar-refractivity contribution in [3.05, 3.63) is 53.1 Å². The van der Waals surface area contributed by atoms with E-state index in [0.29, 0.717) is 27.6 Å². The summed E-state index contributed by atoms with van der Waals surface area (Å²) in [4.78, 5) is 23.1. The van der Waals surface area contributed by atoms with Crippen molar-refractivity contribution >= 4 is 53.4 Å². The normalized spacial score (nSPS) is 10.1. The molecule has 0 aliphatic carbocycles. The maximum Gasteiger partial charge on any atom is 0.336 e. The van der Waals surface area contributed by atoms with Crippen molar-refractivity contribution in [2.24, 2.45) is 5.73 Å². The van der Waals surface area contributed by atoms with Crippen LogP contribution in [0, 0.1) is 0 Å². The van der Waals surface area contributed by atoms with E-state index >= 15 is 0 Å². The van der Waals surface area contributed by atoms with Crippen molar-refractivity contribution in [1.82, 2.24) is 0 Å². The topological polar surface area (TPSA) is 101 Å². The molecule has 0 unspecified atom stereocenters. The third kappa shape index (κ3) is 3.63. The molecule has 0 saturated heterocycles. The lowest BCUT2D eigenvalue weighted by molar-refractivity contribution is 0.100. The van der Waals surface area contributed by atoms with E-state index < -0.39 is 11.9 Å². The molecular weight excluding hydrogens is 324 g/mol. The number of thiol groups is 1. The van der Waals surface area contributed by atoms with Gasteiger partial charge in [-0.15, -0.1) is 0 Å². The van der Waals surface area contributed by atoms with Gasteiger partial charge in [-0.3, -0.25) is 4.79 Å². The smallest absolute Gasteiger partial charge is 0.336 e. The number of benzene rings is 2. The zero-order valence-corrected chi connectivity index (χ0v) is 12.9. The second-order valence-electron chi connectivity index (χ2n) is 4.39. The van der Waals surface area contributed by atoms with E-state index in [-0.39, 0.29) is 0 Å². The first-order valence-electron chi connectivity index (χ1n) is 6.13. The molecule has 3 amide bonds. The average molecular weight is 337 g/mol. The van der Waals surface area contributed by atoms with Crippen LogP contribution in [0.15, 0.2) is 42.5 Å². The Morgan fingerprint density at radius 1 is 1.14 bits per heavy atom. The van der Waals surface area contributed by atoms with Gasteiger partial charge in [0.25, 0.3) is 0 Å². The molecule has 0 atom stereocenters. The summed E-state index contributed by atoms with van der Waals surface area (Å²) in [6, 6.07) is 10.4. The van der Waals surface area contributed by atoms with Gasteiger partial charge in [0.1, 0.15) is 0 Å². The van der Waals surface area contributed by atoms with Crippen LogP contribution in [0.25, 0.3) is 0 Å². The zero-order chi connectivity index (χ0) is 16.3. The van der Waals surface area contributed by atoms with Crippen molar-refractivity contribution in [3.63, 3.8) is 0 Å². The number of primary amides is 1. The van der Waals surface area contributed by atoms with E-state index in [1.165, 1.54) is 18.2 Å². The van der Waals surface area contributed by atoms with Gasteiger partial charge in [0, 0.05) is 11.3 Å². The van der Waals surface area contributed by atoms with E-state index in [1.807, 2.05) is 0 Å². The lowest BCUT2D eigenvalue weighted by Gasteiger charge is -2.17. The van der Waals surface area contributed by atoms with Gasteiger partial charge in [0.2, 0.25) is 5.91 Å².